The van der Waals surface area contributed by atoms with Crippen LogP contribution in [0.25, 0.3) is 0 Å². The fourth-order valence-electron chi connectivity index (χ4n) is 3.63. The van der Waals surface area contributed by atoms with Gasteiger partial charge in [-0.1, -0.05) is 38.5 Å². The van der Waals surface area contributed by atoms with E-state index >= 15 is 0 Å². The highest BCUT2D eigenvalue weighted by molar-refractivity contribution is 4.82. The normalized spacial score (nSPS) is 33.8. The Labute approximate surface area is 93.6 Å². The molecular weight excluding hydrogens is 186 g/mol. The van der Waals surface area contributed by atoms with Crippen LogP contribution in [-0.2, 0) is 0 Å². The van der Waals surface area contributed by atoms with Gasteiger partial charge in [0.2, 0.25) is 0 Å². The smallest absolute Gasteiger partial charge is 0.0375 e. The molecule has 0 saturated heterocycles. The first kappa shape index (κ1) is 11.4. The van der Waals surface area contributed by atoms with Crippen LogP contribution in [0.4, 0.5) is 0 Å². The minimum Gasteiger partial charge on any atom is -0.314 e. The topological polar surface area (TPSA) is 23.5 Å². The molecule has 2 unspecified atom stereocenters. The fourth-order valence-corrected chi connectivity index (χ4v) is 3.63. The van der Waals surface area contributed by atoms with Crippen molar-refractivity contribution in [3.8, 4) is 0 Å². The molecule has 2 rings (SSSR count). The first-order chi connectivity index (χ1) is 7.27. The van der Waals surface area contributed by atoms with E-state index in [1.54, 1.807) is 0 Å². The highest BCUT2D eigenvalue weighted by Gasteiger charge is 2.30. The van der Waals surface area contributed by atoms with E-state index in [9.17, 15) is 5.21 Å². The molecule has 1 N–H and O–H groups in total. The van der Waals surface area contributed by atoms with Gasteiger partial charge in [-0.2, -0.15) is 5.06 Å². The van der Waals surface area contributed by atoms with Gasteiger partial charge in [0.05, 0.1) is 0 Å². The van der Waals surface area contributed by atoms with E-state index in [2.05, 4.69) is 0 Å². The van der Waals surface area contributed by atoms with Gasteiger partial charge in [0.1, 0.15) is 0 Å². The zero-order valence-corrected chi connectivity index (χ0v) is 9.99. The lowest BCUT2D eigenvalue weighted by Crippen LogP contribution is -2.38. The molecule has 2 heteroatoms. The molecule has 2 nitrogen and oxygen atoms in total. The van der Waals surface area contributed by atoms with Crippen LogP contribution in [0.3, 0.4) is 0 Å². The minimum absolute atomic E-state index is 0.444. The van der Waals surface area contributed by atoms with Gasteiger partial charge in [0.25, 0.3) is 0 Å². The molecule has 0 aromatic carbocycles. The Hall–Kier alpha value is -0.0800. The van der Waals surface area contributed by atoms with Gasteiger partial charge in [-0.25, -0.2) is 0 Å². The summed E-state index contributed by atoms with van der Waals surface area (Å²) in [4.78, 5) is 0. The number of rotatable bonds is 3. The van der Waals surface area contributed by atoms with Crippen LogP contribution in [0.2, 0.25) is 0 Å². The first-order valence-corrected chi connectivity index (χ1v) is 6.69. The van der Waals surface area contributed by atoms with E-state index in [0.29, 0.717) is 6.04 Å². The molecule has 88 valence electrons. The second-order valence-corrected chi connectivity index (χ2v) is 5.57. The van der Waals surface area contributed by atoms with Crippen molar-refractivity contribution in [2.24, 2.45) is 11.8 Å². The van der Waals surface area contributed by atoms with Crippen molar-refractivity contribution in [2.75, 3.05) is 7.05 Å². The third kappa shape index (κ3) is 2.94. The summed E-state index contributed by atoms with van der Waals surface area (Å²) in [6.45, 7) is 0. The summed E-state index contributed by atoms with van der Waals surface area (Å²) in [5, 5.41) is 11.1. The average molecular weight is 211 g/mol. The third-order valence-corrected chi connectivity index (χ3v) is 4.46. The molecule has 0 aromatic heterocycles. The van der Waals surface area contributed by atoms with E-state index in [1.165, 1.54) is 62.9 Å². The van der Waals surface area contributed by atoms with Crippen molar-refractivity contribution in [1.29, 1.82) is 0 Å². The second kappa shape index (κ2) is 5.31. The van der Waals surface area contributed by atoms with Gasteiger partial charge in [0.15, 0.2) is 0 Å². The third-order valence-electron chi connectivity index (χ3n) is 4.46. The maximum atomic E-state index is 9.65. The summed E-state index contributed by atoms with van der Waals surface area (Å²) in [5.74, 6) is 1.73. The van der Waals surface area contributed by atoms with Crippen LogP contribution in [-0.4, -0.2) is 23.4 Å². The summed E-state index contributed by atoms with van der Waals surface area (Å²) < 4.78 is 0. The Morgan fingerprint density at radius 3 is 2.27 bits per heavy atom. The van der Waals surface area contributed by atoms with Gasteiger partial charge < -0.3 is 5.21 Å². The monoisotopic (exact) mass is 211 g/mol. The Kier molecular flexibility index (Phi) is 4.04. The molecule has 2 saturated carbocycles. The lowest BCUT2D eigenvalue weighted by atomic mass is 9.78. The van der Waals surface area contributed by atoms with Crippen molar-refractivity contribution in [1.82, 2.24) is 5.06 Å². The number of hydroxylamine groups is 2. The maximum absolute atomic E-state index is 9.65. The van der Waals surface area contributed by atoms with Crippen molar-refractivity contribution in [2.45, 2.75) is 63.8 Å². The molecule has 0 spiro atoms. The SMILES string of the molecule is CN(O)C1CCCCC1CC1CCCC1. The zero-order chi connectivity index (χ0) is 10.7. The van der Waals surface area contributed by atoms with Crippen LogP contribution >= 0.6 is 0 Å². The van der Waals surface area contributed by atoms with E-state index in [1.807, 2.05) is 7.05 Å². The van der Waals surface area contributed by atoms with E-state index in [0.717, 1.165) is 11.8 Å². The molecule has 2 atom stereocenters. The second-order valence-electron chi connectivity index (χ2n) is 5.57. The quantitative estimate of drug-likeness (QED) is 0.723. The summed E-state index contributed by atoms with van der Waals surface area (Å²) in [6.07, 6.45) is 12.4. The molecule has 0 bridgehead atoms. The first-order valence-electron chi connectivity index (χ1n) is 6.69. The largest absolute Gasteiger partial charge is 0.314 e. The average Bonchev–Trinajstić information content (AvgIpc) is 2.71. The lowest BCUT2D eigenvalue weighted by molar-refractivity contribution is -0.130. The molecule has 0 heterocycles. The van der Waals surface area contributed by atoms with Crippen LogP contribution in [0.15, 0.2) is 0 Å². The molecule has 2 aliphatic rings. The molecule has 0 radical (unpaired) electrons. The van der Waals surface area contributed by atoms with Crippen molar-refractivity contribution >= 4 is 0 Å². The minimum atomic E-state index is 0.444. The van der Waals surface area contributed by atoms with Crippen molar-refractivity contribution < 1.29 is 5.21 Å². The maximum Gasteiger partial charge on any atom is 0.0375 e. The summed E-state index contributed by atoms with van der Waals surface area (Å²) >= 11 is 0. The molecule has 0 aromatic rings. The van der Waals surface area contributed by atoms with E-state index in [-0.39, 0.29) is 0 Å². The van der Waals surface area contributed by atoms with Gasteiger partial charge in [-0.3, -0.25) is 0 Å². The Bertz CT molecular complexity index is 187. The molecule has 15 heavy (non-hydrogen) atoms. The lowest BCUT2D eigenvalue weighted by Gasteiger charge is -2.36. The van der Waals surface area contributed by atoms with Crippen LogP contribution in [0.1, 0.15) is 57.8 Å². The summed E-state index contributed by atoms with van der Waals surface area (Å²) in [7, 11) is 1.83. The Morgan fingerprint density at radius 2 is 1.60 bits per heavy atom. The zero-order valence-electron chi connectivity index (χ0n) is 9.99. The van der Waals surface area contributed by atoms with Crippen LogP contribution < -0.4 is 0 Å². The molecular formula is C13H25NO. The van der Waals surface area contributed by atoms with Crippen LogP contribution in [0.5, 0.6) is 0 Å². The molecule has 0 amide bonds. The van der Waals surface area contributed by atoms with Gasteiger partial charge >= 0.3 is 0 Å². The number of hydrogen-bond acceptors (Lipinski definition) is 2. The van der Waals surface area contributed by atoms with Gasteiger partial charge in [0, 0.05) is 13.1 Å². The van der Waals surface area contributed by atoms with Crippen molar-refractivity contribution in [3.63, 3.8) is 0 Å². The molecule has 2 aliphatic carbocycles. The summed E-state index contributed by atoms with van der Waals surface area (Å²) in [6, 6.07) is 0.444. The van der Waals surface area contributed by atoms with Crippen molar-refractivity contribution in [3.05, 3.63) is 0 Å². The molecule has 0 aliphatic heterocycles. The van der Waals surface area contributed by atoms with Crippen LogP contribution in [0, 0.1) is 11.8 Å². The Balaban J connectivity index is 1.86. The highest BCUT2D eigenvalue weighted by Crippen LogP contribution is 2.37. The molecule has 2 fully saturated rings. The van der Waals surface area contributed by atoms with E-state index < -0.39 is 0 Å². The standard InChI is InChI=1S/C13H25NO/c1-14(15)13-9-5-4-8-12(13)10-11-6-2-3-7-11/h11-13,15H,2-10H2,1H3. The van der Waals surface area contributed by atoms with E-state index in [4.69, 9.17) is 0 Å². The number of nitrogens with zero attached hydrogens (tertiary/aromatic N) is 1. The predicted molar refractivity (Wildman–Crippen MR) is 61.9 cm³/mol. The van der Waals surface area contributed by atoms with Gasteiger partial charge in [-0.15, -0.1) is 0 Å². The Morgan fingerprint density at radius 1 is 1.00 bits per heavy atom. The number of hydrogen-bond donors (Lipinski definition) is 1. The highest BCUT2D eigenvalue weighted by atomic mass is 16.5. The van der Waals surface area contributed by atoms with Gasteiger partial charge in [-0.05, 0) is 31.1 Å². The fraction of sp³-hybridized carbons (Fsp3) is 1.00. The predicted octanol–water partition coefficient (Wildman–Crippen LogP) is 3.45. The summed E-state index contributed by atoms with van der Waals surface area (Å²) in [5.41, 5.74) is 0.